The van der Waals surface area contributed by atoms with E-state index in [-0.39, 0.29) is 27.8 Å². The first kappa shape index (κ1) is 23.9. The van der Waals surface area contributed by atoms with Crippen LogP contribution in [0, 0.1) is 0 Å². The SMILES string of the molecule is CCOC(=O)[C@](NC(=O)c1ccccc1Cl)(Nc1sc2c(c1C(N)=O)CCC2)C(F)(F)F. The number of halogens is 4. The first-order chi connectivity index (χ1) is 15.0. The predicted octanol–water partition coefficient (Wildman–Crippen LogP) is 3.65. The van der Waals surface area contributed by atoms with Gasteiger partial charge in [-0.15, -0.1) is 11.3 Å². The molecule has 1 heterocycles. The zero-order valence-corrected chi connectivity index (χ0v) is 18.3. The molecule has 0 saturated heterocycles. The summed E-state index contributed by atoms with van der Waals surface area (Å²) in [6.07, 6.45) is -3.60. The van der Waals surface area contributed by atoms with Gasteiger partial charge in [0.25, 0.3) is 11.8 Å². The summed E-state index contributed by atoms with van der Waals surface area (Å²) in [4.78, 5) is 38.2. The van der Waals surface area contributed by atoms with Gasteiger partial charge in [-0.05, 0) is 43.9 Å². The molecule has 0 bridgehead atoms. The van der Waals surface area contributed by atoms with E-state index < -0.39 is 29.6 Å². The third kappa shape index (κ3) is 4.26. The minimum Gasteiger partial charge on any atom is -0.463 e. The maximum absolute atomic E-state index is 14.4. The van der Waals surface area contributed by atoms with Crippen molar-refractivity contribution in [3.05, 3.63) is 50.9 Å². The van der Waals surface area contributed by atoms with Crippen molar-refractivity contribution in [1.29, 1.82) is 0 Å². The number of rotatable bonds is 7. The molecule has 4 N–H and O–H groups in total. The summed E-state index contributed by atoms with van der Waals surface area (Å²) in [5, 5.41) is 3.39. The van der Waals surface area contributed by atoms with Crippen LogP contribution in [-0.2, 0) is 22.4 Å². The van der Waals surface area contributed by atoms with Gasteiger partial charge in [-0.3, -0.25) is 9.59 Å². The lowest BCUT2D eigenvalue weighted by Crippen LogP contribution is -2.69. The number of fused-ring (bicyclic) bond motifs is 1. The van der Waals surface area contributed by atoms with Crippen LogP contribution < -0.4 is 16.4 Å². The Hall–Kier alpha value is -2.79. The number of primary amides is 1. The highest BCUT2D eigenvalue weighted by Gasteiger charge is 2.64. The Labute approximate surface area is 190 Å². The Morgan fingerprint density at radius 2 is 1.91 bits per heavy atom. The second-order valence-electron chi connectivity index (χ2n) is 6.95. The summed E-state index contributed by atoms with van der Waals surface area (Å²) in [6.45, 7) is 0.938. The number of ether oxygens (including phenoxy) is 1. The minimum atomic E-state index is -5.36. The van der Waals surface area contributed by atoms with Crippen molar-refractivity contribution in [3.63, 3.8) is 0 Å². The van der Waals surface area contributed by atoms with E-state index in [1.165, 1.54) is 31.2 Å². The summed E-state index contributed by atoms with van der Waals surface area (Å²) >= 11 is 6.83. The van der Waals surface area contributed by atoms with Crippen molar-refractivity contribution in [2.45, 2.75) is 38.0 Å². The Balaban J connectivity index is 2.13. The number of hydrogen-bond donors (Lipinski definition) is 3. The molecule has 1 aliphatic carbocycles. The van der Waals surface area contributed by atoms with Crippen LogP contribution in [0.4, 0.5) is 18.2 Å². The van der Waals surface area contributed by atoms with Crippen molar-refractivity contribution >= 4 is 45.7 Å². The van der Waals surface area contributed by atoms with Crippen LogP contribution >= 0.6 is 22.9 Å². The summed E-state index contributed by atoms with van der Waals surface area (Å²) in [5.74, 6) is -4.00. The first-order valence-electron chi connectivity index (χ1n) is 9.55. The number of carbonyl (C=O) groups is 3. The van der Waals surface area contributed by atoms with Gasteiger partial charge in [-0.1, -0.05) is 23.7 Å². The van der Waals surface area contributed by atoms with Gasteiger partial charge >= 0.3 is 17.8 Å². The molecule has 3 rings (SSSR count). The number of amides is 2. The van der Waals surface area contributed by atoms with Crippen molar-refractivity contribution < 1.29 is 32.3 Å². The van der Waals surface area contributed by atoms with E-state index in [0.29, 0.717) is 23.3 Å². The number of anilines is 1. The zero-order chi connectivity index (χ0) is 23.7. The molecule has 12 heteroatoms. The Morgan fingerprint density at radius 3 is 2.50 bits per heavy atom. The van der Waals surface area contributed by atoms with Crippen LogP contribution in [0.25, 0.3) is 0 Å². The maximum Gasteiger partial charge on any atom is 0.441 e. The highest BCUT2D eigenvalue weighted by molar-refractivity contribution is 7.16. The second-order valence-corrected chi connectivity index (χ2v) is 8.47. The van der Waals surface area contributed by atoms with E-state index in [2.05, 4.69) is 10.1 Å². The molecule has 1 aliphatic rings. The summed E-state index contributed by atoms with van der Waals surface area (Å²) < 4.78 is 47.9. The van der Waals surface area contributed by atoms with E-state index in [0.717, 1.165) is 17.8 Å². The Morgan fingerprint density at radius 1 is 1.22 bits per heavy atom. The van der Waals surface area contributed by atoms with Gasteiger partial charge in [0.15, 0.2) is 0 Å². The monoisotopic (exact) mass is 489 g/mol. The number of alkyl halides is 3. The van der Waals surface area contributed by atoms with Crippen molar-refractivity contribution in [2.75, 3.05) is 11.9 Å². The van der Waals surface area contributed by atoms with E-state index in [9.17, 15) is 27.6 Å². The van der Waals surface area contributed by atoms with Gasteiger partial charge in [0.2, 0.25) is 0 Å². The van der Waals surface area contributed by atoms with Crippen LogP contribution in [0.5, 0.6) is 0 Å². The quantitative estimate of drug-likeness (QED) is 0.406. The molecule has 2 amide bonds. The van der Waals surface area contributed by atoms with Crippen molar-refractivity contribution in [2.24, 2.45) is 5.73 Å². The molecular weight excluding hydrogens is 471 g/mol. The van der Waals surface area contributed by atoms with Gasteiger partial charge in [0, 0.05) is 4.88 Å². The third-order valence-electron chi connectivity index (χ3n) is 4.90. The minimum absolute atomic E-state index is 0.113. The number of nitrogens with two attached hydrogens (primary N) is 1. The van der Waals surface area contributed by atoms with E-state index in [1.54, 1.807) is 5.32 Å². The molecule has 0 aliphatic heterocycles. The van der Waals surface area contributed by atoms with Crippen molar-refractivity contribution in [3.8, 4) is 0 Å². The average molecular weight is 490 g/mol. The lowest BCUT2D eigenvalue weighted by Gasteiger charge is -2.35. The van der Waals surface area contributed by atoms with Gasteiger partial charge in [0.05, 0.1) is 22.8 Å². The summed E-state index contributed by atoms with van der Waals surface area (Å²) in [7, 11) is 0. The molecule has 0 unspecified atom stereocenters. The number of benzene rings is 1. The van der Waals surface area contributed by atoms with Gasteiger partial charge in [-0.2, -0.15) is 13.2 Å². The molecular formula is C20H19ClF3N3O4S. The fourth-order valence-corrected chi connectivity index (χ4v) is 5.01. The summed E-state index contributed by atoms with van der Waals surface area (Å²) in [5.41, 5.74) is 1.87. The molecule has 1 aromatic heterocycles. The first-order valence-corrected chi connectivity index (χ1v) is 10.7. The molecule has 1 aromatic carbocycles. The van der Waals surface area contributed by atoms with Crippen LogP contribution in [0.3, 0.4) is 0 Å². The molecule has 172 valence electrons. The number of hydrogen-bond acceptors (Lipinski definition) is 6. The molecule has 0 fully saturated rings. The number of nitrogens with one attached hydrogen (secondary N) is 2. The number of aryl methyl sites for hydroxylation is 1. The molecule has 0 radical (unpaired) electrons. The van der Waals surface area contributed by atoms with E-state index in [4.69, 9.17) is 17.3 Å². The van der Waals surface area contributed by atoms with Crippen LogP contribution in [0.2, 0.25) is 5.02 Å². The van der Waals surface area contributed by atoms with Gasteiger partial charge < -0.3 is 21.1 Å². The van der Waals surface area contributed by atoms with Gasteiger partial charge in [-0.25, -0.2) is 4.79 Å². The van der Waals surface area contributed by atoms with Gasteiger partial charge in [0.1, 0.15) is 5.00 Å². The third-order valence-corrected chi connectivity index (χ3v) is 6.43. The maximum atomic E-state index is 14.4. The second kappa shape index (κ2) is 8.99. The lowest BCUT2D eigenvalue weighted by molar-refractivity contribution is -0.204. The molecule has 0 saturated carbocycles. The molecule has 0 spiro atoms. The van der Waals surface area contributed by atoms with Crippen LogP contribution in [0.1, 0.15) is 44.5 Å². The number of thiophene rings is 1. The largest absolute Gasteiger partial charge is 0.463 e. The molecule has 32 heavy (non-hydrogen) atoms. The normalized spacial score (nSPS) is 14.9. The highest BCUT2D eigenvalue weighted by Crippen LogP contribution is 2.42. The van der Waals surface area contributed by atoms with Crippen LogP contribution in [0.15, 0.2) is 24.3 Å². The predicted molar refractivity (Wildman–Crippen MR) is 113 cm³/mol. The number of esters is 1. The Kier molecular flexibility index (Phi) is 6.70. The van der Waals surface area contributed by atoms with Crippen LogP contribution in [-0.4, -0.2) is 36.2 Å². The lowest BCUT2D eigenvalue weighted by atomic mass is 10.1. The average Bonchev–Trinajstić information content (AvgIpc) is 3.27. The molecule has 2 aromatic rings. The fraction of sp³-hybridized carbons (Fsp3) is 0.350. The van der Waals surface area contributed by atoms with Crippen molar-refractivity contribution in [1.82, 2.24) is 5.32 Å². The standard InChI is InChI=1S/C20H19ClF3N3O4S/c1-2-31-18(30)19(20(22,23)24,26-16(29)10-6-3-4-8-12(10)21)27-17-14(15(25)28)11-7-5-9-13(11)32-17/h3-4,6,8,27H,2,5,7,9H2,1H3,(H2,25,28)(H,26,29)/t19-/m0/s1. The number of carbonyl (C=O) groups excluding carboxylic acids is 3. The Bertz CT molecular complexity index is 1070. The van der Waals surface area contributed by atoms with E-state index >= 15 is 0 Å². The summed E-state index contributed by atoms with van der Waals surface area (Å²) in [6, 6.07) is 5.42. The topological polar surface area (TPSA) is 111 Å². The smallest absolute Gasteiger partial charge is 0.441 e. The van der Waals surface area contributed by atoms with E-state index in [1.807, 2.05) is 0 Å². The fourth-order valence-electron chi connectivity index (χ4n) is 3.44. The zero-order valence-electron chi connectivity index (χ0n) is 16.8. The highest BCUT2D eigenvalue weighted by atomic mass is 35.5. The molecule has 1 atom stereocenters. The molecule has 7 nitrogen and oxygen atoms in total.